The number of benzene rings is 1. The van der Waals surface area contributed by atoms with Crippen LogP contribution in [-0.4, -0.2) is 16.9 Å². The molecule has 1 saturated heterocycles. The van der Waals surface area contributed by atoms with E-state index < -0.39 is 5.60 Å². The number of hydrogen-bond donors (Lipinski definition) is 2. The van der Waals surface area contributed by atoms with Crippen molar-refractivity contribution < 1.29 is 14.3 Å². The third kappa shape index (κ3) is 4.04. The molecule has 138 valence electrons. The average Bonchev–Trinajstić information content (AvgIpc) is 3.19. The molecule has 1 aliphatic heterocycles. The monoisotopic (exact) mass is 373 g/mol. The molecular formula is C19H23N3O3S. The minimum atomic E-state index is -0.712. The molecule has 2 heterocycles. The molecule has 1 aliphatic rings. The Morgan fingerprint density at radius 3 is 2.81 bits per heavy atom. The summed E-state index contributed by atoms with van der Waals surface area (Å²) in [4.78, 5) is 28.7. The van der Waals surface area contributed by atoms with E-state index in [2.05, 4.69) is 29.7 Å². The van der Waals surface area contributed by atoms with Crippen LogP contribution in [0.4, 0.5) is 5.13 Å². The number of anilines is 1. The van der Waals surface area contributed by atoms with Crippen LogP contribution in [0.25, 0.3) is 0 Å². The highest BCUT2D eigenvalue weighted by Crippen LogP contribution is 2.42. The highest BCUT2D eigenvalue weighted by molar-refractivity contribution is 7.13. The van der Waals surface area contributed by atoms with Gasteiger partial charge in [-0.1, -0.05) is 32.0 Å². The van der Waals surface area contributed by atoms with Crippen LogP contribution in [0.3, 0.4) is 0 Å². The SMILES string of the molecule is CC(C)C[C@@H]1C[C@@](C)(c2csc(NNC(=O)c3ccccc3)n2)OC1=O. The Kier molecular flexibility index (Phi) is 5.27. The quantitative estimate of drug-likeness (QED) is 0.596. The van der Waals surface area contributed by atoms with Gasteiger partial charge < -0.3 is 4.74 Å². The van der Waals surface area contributed by atoms with E-state index in [1.54, 1.807) is 24.3 Å². The summed E-state index contributed by atoms with van der Waals surface area (Å²) in [5.41, 5.74) is 6.01. The number of cyclic esters (lactones) is 1. The molecule has 1 aromatic heterocycles. The first-order chi connectivity index (χ1) is 12.4. The minimum absolute atomic E-state index is 0.0871. The van der Waals surface area contributed by atoms with Crippen LogP contribution in [0.15, 0.2) is 35.7 Å². The maximum Gasteiger partial charge on any atom is 0.310 e. The summed E-state index contributed by atoms with van der Waals surface area (Å²) < 4.78 is 5.65. The lowest BCUT2D eigenvalue weighted by Crippen LogP contribution is -2.29. The summed E-state index contributed by atoms with van der Waals surface area (Å²) in [6, 6.07) is 8.93. The first kappa shape index (κ1) is 18.4. The van der Waals surface area contributed by atoms with Crippen LogP contribution in [0, 0.1) is 11.8 Å². The molecule has 2 N–H and O–H groups in total. The second kappa shape index (κ2) is 7.45. The smallest absolute Gasteiger partial charge is 0.310 e. The second-order valence-corrected chi connectivity index (χ2v) is 8.02. The van der Waals surface area contributed by atoms with E-state index in [0.29, 0.717) is 28.7 Å². The Morgan fingerprint density at radius 1 is 1.38 bits per heavy atom. The van der Waals surface area contributed by atoms with E-state index in [1.807, 2.05) is 18.4 Å². The third-order valence-corrected chi connectivity index (χ3v) is 5.17. The van der Waals surface area contributed by atoms with Crippen molar-refractivity contribution in [2.75, 3.05) is 5.43 Å². The first-order valence-electron chi connectivity index (χ1n) is 8.67. The van der Waals surface area contributed by atoms with Gasteiger partial charge in [-0.05, 0) is 31.4 Å². The molecule has 0 spiro atoms. The van der Waals surface area contributed by atoms with Crippen molar-refractivity contribution in [3.05, 3.63) is 47.0 Å². The molecule has 2 aromatic rings. The van der Waals surface area contributed by atoms with Crippen LogP contribution in [0.1, 0.15) is 49.7 Å². The zero-order chi connectivity index (χ0) is 18.7. The van der Waals surface area contributed by atoms with Gasteiger partial charge in [0.2, 0.25) is 5.13 Å². The lowest BCUT2D eigenvalue weighted by molar-refractivity contribution is -0.150. The summed E-state index contributed by atoms with van der Waals surface area (Å²) in [5.74, 6) is -0.0365. The van der Waals surface area contributed by atoms with Crippen LogP contribution in [0.5, 0.6) is 0 Å². The lowest BCUT2D eigenvalue weighted by Gasteiger charge is -2.20. The van der Waals surface area contributed by atoms with E-state index in [-0.39, 0.29) is 17.8 Å². The predicted molar refractivity (Wildman–Crippen MR) is 101 cm³/mol. The molecule has 0 unspecified atom stereocenters. The van der Waals surface area contributed by atoms with Crippen molar-refractivity contribution in [3.8, 4) is 0 Å². The number of aromatic nitrogens is 1. The number of carbonyl (C=O) groups excluding carboxylic acids is 2. The van der Waals surface area contributed by atoms with E-state index >= 15 is 0 Å². The van der Waals surface area contributed by atoms with Gasteiger partial charge in [-0.2, -0.15) is 0 Å². The Bertz CT molecular complexity index is 790. The van der Waals surface area contributed by atoms with Gasteiger partial charge in [0, 0.05) is 17.4 Å². The summed E-state index contributed by atoms with van der Waals surface area (Å²) in [6.07, 6.45) is 1.44. The number of nitrogens with one attached hydrogen (secondary N) is 2. The van der Waals surface area contributed by atoms with Gasteiger partial charge in [0.25, 0.3) is 5.91 Å². The Morgan fingerprint density at radius 2 is 2.12 bits per heavy atom. The van der Waals surface area contributed by atoms with Crippen molar-refractivity contribution >= 4 is 28.3 Å². The molecule has 0 saturated carbocycles. The minimum Gasteiger partial charge on any atom is -0.453 e. The number of ether oxygens (including phenoxy) is 1. The molecule has 0 radical (unpaired) electrons. The van der Waals surface area contributed by atoms with Crippen LogP contribution in [0.2, 0.25) is 0 Å². The van der Waals surface area contributed by atoms with E-state index in [4.69, 9.17) is 4.74 Å². The van der Waals surface area contributed by atoms with E-state index in [0.717, 1.165) is 6.42 Å². The van der Waals surface area contributed by atoms with E-state index in [9.17, 15) is 9.59 Å². The highest BCUT2D eigenvalue weighted by Gasteiger charge is 2.46. The fourth-order valence-electron chi connectivity index (χ4n) is 3.15. The number of nitrogens with zero attached hydrogens (tertiary/aromatic N) is 1. The fraction of sp³-hybridized carbons (Fsp3) is 0.421. The zero-order valence-electron chi connectivity index (χ0n) is 15.1. The number of thiazole rings is 1. The maximum absolute atomic E-state index is 12.2. The molecule has 2 atom stereocenters. The molecule has 1 amide bonds. The number of hydrazine groups is 1. The number of esters is 1. The topological polar surface area (TPSA) is 80.3 Å². The number of amides is 1. The molecule has 1 fully saturated rings. The predicted octanol–water partition coefficient (Wildman–Crippen LogP) is 3.72. The van der Waals surface area contributed by atoms with Crippen molar-refractivity contribution in [2.24, 2.45) is 11.8 Å². The number of carbonyl (C=O) groups is 2. The van der Waals surface area contributed by atoms with Crippen molar-refractivity contribution in [2.45, 2.75) is 39.2 Å². The molecule has 7 heteroatoms. The molecule has 0 bridgehead atoms. The molecule has 1 aromatic carbocycles. The summed E-state index contributed by atoms with van der Waals surface area (Å²) in [5, 5.41) is 2.41. The van der Waals surface area contributed by atoms with E-state index in [1.165, 1.54) is 11.3 Å². The van der Waals surface area contributed by atoms with Crippen molar-refractivity contribution in [3.63, 3.8) is 0 Å². The van der Waals surface area contributed by atoms with Gasteiger partial charge in [-0.25, -0.2) is 4.98 Å². The first-order valence-corrected chi connectivity index (χ1v) is 9.55. The van der Waals surface area contributed by atoms with Crippen LogP contribution < -0.4 is 10.9 Å². The average molecular weight is 373 g/mol. The fourth-order valence-corrected chi connectivity index (χ4v) is 3.94. The van der Waals surface area contributed by atoms with Crippen molar-refractivity contribution in [1.29, 1.82) is 0 Å². The van der Waals surface area contributed by atoms with Crippen LogP contribution in [-0.2, 0) is 15.1 Å². The standard InChI is InChI=1S/C19H23N3O3S/c1-12(2)9-14-10-19(3,25-17(14)24)15-11-26-18(20-15)22-21-16(23)13-7-5-4-6-8-13/h4-8,11-12,14H,9-10H2,1-3H3,(H,20,22)(H,21,23)/t14-,19+/m1/s1. The zero-order valence-corrected chi connectivity index (χ0v) is 15.9. The van der Waals surface area contributed by atoms with Gasteiger partial charge in [0.1, 0.15) is 0 Å². The largest absolute Gasteiger partial charge is 0.453 e. The maximum atomic E-state index is 12.2. The number of rotatable bonds is 6. The summed E-state index contributed by atoms with van der Waals surface area (Å²) >= 11 is 1.36. The van der Waals surface area contributed by atoms with Gasteiger partial charge >= 0.3 is 5.97 Å². The van der Waals surface area contributed by atoms with Gasteiger partial charge in [0.15, 0.2) is 5.60 Å². The highest BCUT2D eigenvalue weighted by atomic mass is 32.1. The molecule has 3 rings (SSSR count). The molecule has 26 heavy (non-hydrogen) atoms. The molecular weight excluding hydrogens is 350 g/mol. The van der Waals surface area contributed by atoms with Gasteiger partial charge in [0.05, 0.1) is 11.6 Å². The Hall–Kier alpha value is -2.41. The lowest BCUT2D eigenvalue weighted by atomic mass is 9.88. The van der Waals surface area contributed by atoms with Crippen LogP contribution >= 0.6 is 11.3 Å². The third-order valence-electron chi connectivity index (χ3n) is 4.42. The van der Waals surface area contributed by atoms with Crippen molar-refractivity contribution in [1.82, 2.24) is 10.4 Å². The summed E-state index contributed by atoms with van der Waals surface area (Å²) in [7, 11) is 0. The Balaban J connectivity index is 1.63. The summed E-state index contributed by atoms with van der Waals surface area (Å²) in [6.45, 7) is 6.10. The molecule has 6 nitrogen and oxygen atoms in total. The Labute approximate surface area is 156 Å². The second-order valence-electron chi connectivity index (χ2n) is 7.17. The van der Waals surface area contributed by atoms with Gasteiger partial charge in [-0.3, -0.25) is 20.4 Å². The van der Waals surface area contributed by atoms with Gasteiger partial charge in [-0.15, -0.1) is 11.3 Å². The molecule has 0 aliphatic carbocycles. The number of hydrogen-bond acceptors (Lipinski definition) is 6. The normalized spacial score (nSPS) is 22.3.